The van der Waals surface area contributed by atoms with Crippen LogP contribution >= 0.6 is 11.6 Å². The number of nitrogens with one attached hydrogen (secondary N) is 1. The molecule has 108 valence electrons. The molecular formula is C16H15ClN2O2. The van der Waals surface area contributed by atoms with Gasteiger partial charge in [-0.3, -0.25) is 4.98 Å². The Balaban J connectivity index is 1.92. The Morgan fingerprint density at radius 3 is 3.10 bits per heavy atom. The molecule has 1 aromatic heterocycles. The van der Waals surface area contributed by atoms with Crippen LogP contribution in [0.4, 0.5) is 5.69 Å². The molecule has 1 atom stereocenters. The molecule has 4 nitrogen and oxygen atoms in total. The largest absolute Gasteiger partial charge is 0.465 e. The molecule has 0 amide bonds. The van der Waals surface area contributed by atoms with Crippen LogP contribution in [0.2, 0.25) is 5.02 Å². The molecule has 0 saturated carbocycles. The topological polar surface area (TPSA) is 51.2 Å². The van der Waals surface area contributed by atoms with Gasteiger partial charge in [0.05, 0.1) is 30.1 Å². The van der Waals surface area contributed by atoms with Gasteiger partial charge in [0.25, 0.3) is 0 Å². The third-order valence-electron chi connectivity index (χ3n) is 3.68. The lowest BCUT2D eigenvalue weighted by Gasteiger charge is -2.17. The summed E-state index contributed by atoms with van der Waals surface area (Å²) in [4.78, 5) is 16.3. The molecule has 2 aromatic rings. The van der Waals surface area contributed by atoms with Crippen molar-refractivity contribution in [1.29, 1.82) is 0 Å². The van der Waals surface area contributed by atoms with E-state index >= 15 is 0 Å². The standard InChI is InChI=1S/C16H15ClN2O2/c1-21-16(20)12-6-5-11(17)9-14(12)19-13-7-4-10-3-2-8-18-15(10)13/h2-3,5-6,8-9,13,19H,4,7H2,1H3. The Kier molecular flexibility index (Phi) is 3.80. The first-order valence-electron chi connectivity index (χ1n) is 6.77. The SMILES string of the molecule is COC(=O)c1ccc(Cl)cc1NC1CCc2cccnc21. The number of fused-ring (bicyclic) bond motifs is 1. The van der Waals surface area contributed by atoms with Crippen LogP contribution in [-0.4, -0.2) is 18.1 Å². The average molecular weight is 303 g/mol. The zero-order valence-electron chi connectivity index (χ0n) is 11.6. The van der Waals surface area contributed by atoms with E-state index < -0.39 is 0 Å². The number of benzene rings is 1. The van der Waals surface area contributed by atoms with Crippen LogP contribution in [-0.2, 0) is 11.2 Å². The molecule has 21 heavy (non-hydrogen) atoms. The van der Waals surface area contributed by atoms with E-state index in [1.807, 2.05) is 6.07 Å². The summed E-state index contributed by atoms with van der Waals surface area (Å²) in [5, 5.41) is 3.95. The molecule has 1 aliphatic rings. The Morgan fingerprint density at radius 1 is 1.43 bits per heavy atom. The molecule has 5 heteroatoms. The van der Waals surface area contributed by atoms with Crippen LogP contribution < -0.4 is 5.32 Å². The van der Waals surface area contributed by atoms with Crippen molar-refractivity contribution in [3.05, 3.63) is 58.4 Å². The van der Waals surface area contributed by atoms with Gasteiger partial charge in [0.15, 0.2) is 0 Å². The van der Waals surface area contributed by atoms with Crippen LogP contribution in [0.25, 0.3) is 0 Å². The lowest BCUT2D eigenvalue weighted by atomic mass is 10.1. The molecule has 0 aliphatic heterocycles. The molecule has 3 rings (SSSR count). The summed E-state index contributed by atoms with van der Waals surface area (Å²) in [5.74, 6) is -0.381. The smallest absolute Gasteiger partial charge is 0.339 e. The van der Waals surface area contributed by atoms with Crippen molar-refractivity contribution >= 4 is 23.3 Å². The van der Waals surface area contributed by atoms with Gasteiger partial charge in [-0.2, -0.15) is 0 Å². The molecule has 0 fully saturated rings. The number of esters is 1. The van der Waals surface area contributed by atoms with Crippen LogP contribution in [0.1, 0.15) is 34.1 Å². The van der Waals surface area contributed by atoms with Crippen molar-refractivity contribution in [2.75, 3.05) is 12.4 Å². The normalized spacial score (nSPS) is 16.4. The summed E-state index contributed by atoms with van der Waals surface area (Å²) in [7, 11) is 1.37. The number of halogens is 1. The van der Waals surface area contributed by atoms with Crippen molar-refractivity contribution in [3.8, 4) is 0 Å². The van der Waals surface area contributed by atoms with Crippen molar-refractivity contribution in [2.45, 2.75) is 18.9 Å². The minimum atomic E-state index is -0.381. The van der Waals surface area contributed by atoms with Gasteiger partial charge in [-0.05, 0) is 42.7 Å². The summed E-state index contributed by atoms with van der Waals surface area (Å²) in [6.45, 7) is 0. The maximum Gasteiger partial charge on any atom is 0.339 e. The second-order valence-corrected chi connectivity index (χ2v) is 5.40. The number of aromatic nitrogens is 1. The highest BCUT2D eigenvalue weighted by atomic mass is 35.5. The number of methoxy groups -OCH3 is 1. The third-order valence-corrected chi connectivity index (χ3v) is 3.91. The second-order valence-electron chi connectivity index (χ2n) is 4.96. The zero-order chi connectivity index (χ0) is 14.8. The molecule has 1 N–H and O–H groups in total. The van der Waals surface area contributed by atoms with E-state index in [0.717, 1.165) is 18.5 Å². The molecule has 0 radical (unpaired) electrons. The predicted octanol–water partition coefficient (Wildman–Crippen LogP) is 3.62. The Hall–Kier alpha value is -2.07. The fourth-order valence-electron chi connectivity index (χ4n) is 2.66. The van der Waals surface area contributed by atoms with Crippen LogP contribution in [0.3, 0.4) is 0 Å². The number of pyridine rings is 1. The number of rotatable bonds is 3. The van der Waals surface area contributed by atoms with Gasteiger partial charge in [-0.15, -0.1) is 0 Å². The van der Waals surface area contributed by atoms with Crippen molar-refractivity contribution in [2.24, 2.45) is 0 Å². The van der Waals surface area contributed by atoms with E-state index in [4.69, 9.17) is 16.3 Å². The fraction of sp³-hybridized carbons (Fsp3) is 0.250. The first kappa shape index (κ1) is 13.9. The second kappa shape index (κ2) is 5.74. The average Bonchev–Trinajstić information content (AvgIpc) is 2.90. The Morgan fingerprint density at radius 2 is 2.29 bits per heavy atom. The maximum absolute atomic E-state index is 11.8. The minimum absolute atomic E-state index is 0.0862. The van der Waals surface area contributed by atoms with E-state index in [1.165, 1.54) is 12.7 Å². The Bertz CT molecular complexity index is 688. The fourth-order valence-corrected chi connectivity index (χ4v) is 2.84. The summed E-state index contributed by atoms with van der Waals surface area (Å²) >= 11 is 6.04. The molecule has 0 spiro atoms. The van der Waals surface area contributed by atoms with Gasteiger partial charge in [0, 0.05) is 11.2 Å². The molecule has 0 bridgehead atoms. The van der Waals surface area contributed by atoms with E-state index in [9.17, 15) is 4.79 Å². The highest BCUT2D eigenvalue weighted by Gasteiger charge is 2.25. The summed E-state index contributed by atoms with van der Waals surface area (Å²) < 4.78 is 4.81. The molecule has 1 heterocycles. The summed E-state index contributed by atoms with van der Waals surface area (Å²) in [6, 6.07) is 9.21. The highest BCUT2D eigenvalue weighted by molar-refractivity contribution is 6.31. The van der Waals surface area contributed by atoms with Gasteiger partial charge in [-0.25, -0.2) is 4.79 Å². The minimum Gasteiger partial charge on any atom is -0.465 e. The van der Waals surface area contributed by atoms with Gasteiger partial charge >= 0.3 is 5.97 Å². The lowest BCUT2D eigenvalue weighted by Crippen LogP contribution is -2.13. The highest BCUT2D eigenvalue weighted by Crippen LogP contribution is 2.34. The van der Waals surface area contributed by atoms with E-state index in [-0.39, 0.29) is 12.0 Å². The molecular weight excluding hydrogens is 288 g/mol. The number of anilines is 1. The number of carbonyl (C=O) groups is 1. The quantitative estimate of drug-likeness (QED) is 0.880. The number of hydrogen-bond donors (Lipinski definition) is 1. The zero-order valence-corrected chi connectivity index (χ0v) is 12.4. The number of carbonyl (C=O) groups excluding carboxylic acids is 1. The number of nitrogens with zero attached hydrogens (tertiary/aromatic N) is 1. The van der Waals surface area contributed by atoms with E-state index in [1.54, 1.807) is 24.4 Å². The van der Waals surface area contributed by atoms with Crippen LogP contribution in [0.5, 0.6) is 0 Å². The van der Waals surface area contributed by atoms with Crippen molar-refractivity contribution < 1.29 is 9.53 Å². The van der Waals surface area contributed by atoms with Crippen LogP contribution in [0, 0.1) is 0 Å². The monoisotopic (exact) mass is 302 g/mol. The summed E-state index contributed by atoms with van der Waals surface area (Å²) in [6.07, 6.45) is 3.71. The number of aryl methyl sites for hydroxylation is 1. The number of ether oxygens (including phenoxy) is 1. The summed E-state index contributed by atoms with van der Waals surface area (Å²) in [5.41, 5.74) is 3.44. The number of hydrogen-bond acceptors (Lipinski definition) is 4. The molecule has 0 saturated heterocycles. The van der Waals surface area contributed by atoms with Gasteiger partial charge in [-0.1, -0.05) is 17.7 Å². The first-order valence-corrected chi connectivity index (χ1v) is 7.15. The van der Waals surface area contributed by atoms with Gasteiger partial charge < -0.3 is 10.1 Å². The van der Waals surface area contributed by atoms with E-state index in [2.05, 4.69) is 16.4 Å². The lowest BCUT2D eigenvalue weighted by molar-refractivity contribution is 0.0602. The van der Waals surface area contributed by atoms with Gasteiger partial charge in [0.1, 0.15) is 0 Å². The van der Waals surface area contributed by atoms with Gasteiger partial charge in [0.2, 0.25) is 0 Å². The Labute approximate surface area is 128 Å². The molecule has 1 unspecified atom stereocenters. The molecule has 1 aromatic carbocycles. The third kappa shape index (κ3) is 2.72. The van der Waals surface area contributed by atoms with Crippen LogP contribution in [0.15, 0.2) is 36.5 Å². The maximum atomic E-state index is 11.8. The molecule has 1 aliphatic carbocycles. The van der Waals surface area contributed by atoms with Crippen molar-refractivity contribution in [1.82, 2.24) is 4.98 Å². The van der Waals surface area contributed by atoms with Crippen molar-refractivity contribution in [3.63, 3.8) is 0 Å². The first-order chi connectivity index (χ1) is 10.2. The van der Waals surface area contributed by atoms with E-state index in [0.29, 0.717) is 16.3 Å². The predicted molar refractivity (Wildman–Crippen MR) is 81.7 cm³/mol.